The largest absolute Gasteiger partial charge is 0.763 e. The van der Waals surface area contributed by atoms with Gasteiger partial charge in [-0.1, -0.05) is 0 Å². The fourth-order valence-corrected chi connectivity index (χ4v) is 1.37. The van der Waals surface area contributed by atoms with Gasteiger partial charge in [0.25, 0.3) is 0 Å². The van der Waals surface area contributed by atoms with Crippen LogP contribution in [0.25, 0.3) is 5.41 Å². The van der Waals surface area contributed by atoms with Gasteiger partial charge in [-0.3, -0.25) is 5.87 Å². The lowest BCUT2D eigenvalue weighted by atomic mass is 10.1. The summed E-state index contributed by atoms with van der Waals surface area (Å²) >= 11 is 0. The minimum Gasteiger partial charge on any atom is -0.763 e. The van der Waals surface area contributed by atoms with E-state index < -0.39 is 34.6 Å². The van der Waals surface area contributed by atoms with E-state index in [1.54, 1.807) is 18.0 Å². The van der Waals surface area contributed by atoms with Crippen LogP contribution in [0.3, 0.4) is 0 Å². The Kier molecular flexibility index (Phi) is 9.04. The molecule has 128 valence electrons. The highest BCUT2D eigenvalue weighted by atomic mass is 16.5. The van der Waals surface area contributed by atoms with E-state index in [2.05, 4.69) is 14.2 Å². The summed E-state index contributed by atoms with van der Waals surface area (Å²) in [5.41, 5.74) is -1.62. The highest BCUT2D eigenvalue weighted by molar-refractivity contribution is 6.02. The zero-order valence-electron chi connectivity index (χ0n) is 13.5. The quantitative estimate of drug-likeness (QED) is 0.169. The van der Waals surface area contributed by atoms with E-state index in [1.165, 1.54) is 0 Å². The first-order valence-corrected chi connectivity index (χ1v) is 6.35. The Balaban J connectivity index is 6.45. The minimum absolute atomic E-state index is 0.147. The SMILES string of the molecule is COC(=O)C(=C=[N-])C=C(C=C(C#N)C(=O)OC)C=C(C#N)C(=O)OC. The van der Waals surface area contributed by atoms with Crippen LogP contribution >= 0.6 is 0 Å². The van der Waals surface area contributed by atoms with Crippen molar-refractivity contribution < 1.29 is 28.6 Å². The van der Waals surface area contributed by atoms with Gasteiger partial charge < -0.3 is 19.6 Å². The fourth-order valence-electron chi connectivity index (χ4n) is 1.37. The number of rotatable bonds is 6. The summed E-state index contributed by atoms with van der Waals surface area (Å²) in [7, 11) is 3.13. The second-order valence-corrected chi connectivity index (χ2v) is 3.98. The van der Waals surface area contributed by atoms with Gasteiger partial charge in [0, 0.05) is 0 Å². The van der Waals surface area contributed by atoms with Crippen molar-refractivity contribution in [3.8, 4) is 12.1 Å². The first kappa shape index (κ1) is 21.1. The van der Waals surface area contributed by atoms with Crippen molar-refractivity contribution in [3.63, 3.8) is 0 Å². The third-order valence-electron chi connectivity index (χ3n) is 2.51. The van der Waals surface area contributed by atoms with Crippen molar-refractivity contribution in [2.45, 2.75) is 0 Å². The molecular weight excluding hydrogens is 330 g/mol. The van der Waals surface area contributed by atoms with Crippen LogP contribution in [0, 0.1) is 22.7 Å². The monoisotopic (exact) mass is 342 g/mol. The summed E-state index contributed by atoms with van der Waals surface area (Å²) in [4.78, 5) is 34.5. The second-order valence-electron chi connectivity index (χ2n) is 3.98. The number of allylic oxidation sites excluding steroid dienone is 3. The van der Waals surface area contributed by atoms with E-state index >= 15 is 0 Å². The normalized spacial score (nSPS) is 10.3. The number of nitrogens with zero attached hydrogens (tertiary/aromatic N) is 3. The smallest absolute Gasteiger partial charge is 0.348 e. The molecule has 0 bridgehead atoms. The molecule has 0 radical (unpaired) electrons. The molecule has 0 N–H and O–H groups in total. The maximum absolute atomic E-state index is 11.5. The number of carbonyl (C=O) groups is 3. The van der Waals surface area contributed by atoms with Crippen molar-refractivity contribution in [1.82, 2.24) is 0 Å². The minimum atomic E-state index is -0.991. The summed E-state index contributed by atoms with van der Waals surface area (Å²) in [6, 6.07) is 3.12. The second kappa shape index (κ2) is 10.7. The van der Waals surface area contributed by atoms with Crippen LogP contribution in [-0.4, -0.2) is 45.1 Å². The predicted molar refractivity (Wildman–Crippen MR) is 83.4 cm³/mol. The summed E-state index contributed by atoms with van der Waals surface area (Å²) in [6.07, 6.45) is 2.81. The van der Waals surface area contributed by atoms with Crippen LogP contribution in [0.4, 0.5) is 0 Å². The third kappa shape index (κ3) is 6.37. The zero-order valence-corrected chi connectivity index (χ0v) is 13.5. The first-order valence-electron chi connectivity index (χ1n) is 6.35. The van der Waals surface area contributed by atoms with Crippen molar-refractivity contribution in [2.24, 2.45) is 0 Å². The standard InChI is InChI=1S/C16H12N3O6/c1-23-14(20)11(7-17)4-10(5-12(8-18)15(21)24-2)6-13(9-19)16(22)25-3/h4-6H,1-3H3/q-1. The Morgan fingerprint density at radius 1 is 0.800 bits per heavy atom. The van der Waals surface area contributed by atoms with Crippen molar-refractivity contribution in [1.29, 1.82) is 10.5 Å². The number of hydrogen-bond donors (Lipinski definition) is 0. The molecule has 0 aromatic carbocycles. The molecule has 0 aliphatic heterocycles. The number of hydrogen-bond acceptors (Lipinski definition) is 8. The van der Waals surface area contributed by atoms with Crippen LogP contribution in [-0.2, 0) is 28.6 Å². The molecule has 0 saturated carbocycles. The number of ether oxygens (including phenoxy) is 3. The number of methoxy groups -OCH3 is 3. The average molecular weight is 342 g/mol. The van der Waals surface area contributed by atoms with Gasteiger partial charge in [0.1, 0.15) is 23.3 Å². The maximum Gasteiger partial charge on any atom is 0.348 e. The van der Waals surface area contributed by atoms with Crippen molar-refractivity contribution >= 4 is 23.8 Å². The number of esters is 3. The molecule has 9 nitrogen and oxygen atoms in total. The van der Waals surface area contributed by atoms with Gasteiger partial charge in [-0.05, 0) is 23.8 Å². The molecule has 0 rings (SSSR count). The van der Waals surface area contributed by atoms with E-state index in [9.17, 15) is 14.4 Å². The van der Waals surface area contributed by atoms with Gasteiger partial charge in [0.15, 0.2) is 0 Å². The average Bonchev–Trinajstić information content (AvgIpc) is 2.65. The summed E-state index contributed by atoms with van der Waals surface area (Å²) in [6.45, 7) is 0. The van der Waals surface area contributed by atoms with E-state index in [0.717, 1.165) is 39.6 Å². The highest BCUT2D eigenvalue weighted by Gasteiger charge is 2.14. The third-order valence-corrected chi connectivity index (χ3v) is 2.51. The molecule has 0 fully saturated rings. The Morgan fingerprint density at radius 2 is 1.20 bits per heavy atom. The number of nitriles is 2. The van der Waals surface area contributed by atoms with Gasteiger partial charge in [0.2, 0.25) is 0 Å². The van der Waals surface area contributed by atoms with Crippen LogP contribution in [0.1, 0.15) is 0 Å². The Labute approximate surface area is 143 Å². The zero-order chi connectivity index (χ0) is 19.4. The number of carbonyl (C=O) groups excluding carboxylic acids is 3. The van der Waals surface area contributed by atoms with Crippen LogP contribution in [0.15, 0.2) is 40.5 Å². The molecule has 9 heteroatoms. The highest BCUT2D eigenvalue weighted by Crippen LogP contribution is 2.13. The molecule has 0 atom stereocenters. The molecule has 0 unspecified atom stereocenters. The van der Waals surface area contributed by atoms with Gasteiger partial charge in [-0.2, -0.15) is 10.5 Å². The van der Waals surface area contributed by atoms with E-state index in [1.807, 2.05) is 0 Å². The van der Waals surface area contributed by atoms with Crippen LogP contribution < -0.4 is 0 Å². The van der Waals surface area contributed by atoms with Gasteiger partial charge in [-0.25, -0.2) is 14.4 Å². The van der Waals surface area contributed by atoms with Crippen LogP contribution in [0.2, 0.25) is 0 Å². The molecule has 0 aliphatic rings. The molecule has 0 aromatic heterocycles. The summed E-state index contributed by atoms with van der Waals surface area (Å²) in [5.74, 6) is -1.41. The van der Waals surface area contributed by atoms with Gasteiger partial charge in [0.05, 0.1) is 26.9 Å². The molecule has 0 saturated heterocycles. The lowest BCUT2D eigenvalue weighted by Crippen LogP contribution is -2.06. The fraction of sp³-hybridized carbons (Fsp3) is 0.188. The Morgan fingerprint density at radius 3 is 1.48 bits per heavy atom. The lowest BCUT2D eigenvalue weighted by molar-refractivity contribution is -0.136. The topological polar surface area (TPSA) is 149 Å². The molecule has 0 aliphatic carbocycles. The lowest BCUT2D eigenvalue weighted by Gasteiger charge is -2.03. The Hall–Kier alpha value is -3.94. The summed E-state index contributed by atoms with van der Waals surface area (Å²) in [5, 5.41) is 26.9. The van der Waals surface area contributed by atoms with Gasteiger partial charge >= 0.3 is 17.9 Å². The van der Waals surface area contributed by atoms with Crippen molar-refractivity contribution in [2.75, 3.05) is 21.3 Å². The van der Waals surface area contributed by atoms with Crippen molar-refractivity contribution in [3.05, 3.63) is 45.9 Å². The predicted octanol–water partition coefficient (Wildman–Crippen LogP) is 0.497. The summed E-state index contributed by atoms with van der Waals surface area (Å²) < 4.78 is 13.2. The molecule has 25 heavy (non-hydrogen) atoms. The maximum atomic E-state index is 11.5. The molecular formula is C16H12N3O6-. The molecule has 0 spiro atoms. The molecule has 0 aromatic rings. The molecule has 0 amide bonds. The van der Waals surface area contributed by atoms with E-state index in [4.69, 9.17) is 15.9 Å². The van der Waals surface area contributed by atoms with E-state index in [-0.39, 0.29) is 5.57 Å². The first-order chi connectivity index (χ1) is 11.9. The van der Waals surface area contributed by atoms with Crippen LogP contribution in [0.5, 0.6) is 0 Å². The van der Waals surface area contributed by atoms with E-state index in [0.29, 0.717) is 0 Å². The Bertz CT molecular complexity index is 753. The van der Waals surface area contributed by atoms with Gasteiger partial charge in [-0.15, -0.1) is 0 Å². The molecule has 0 heterocycles.